The molecule has 2 rings (SSSR count). The monoisotopic (exact) mass is 293 g/mol. The fraction of sp³-hybridized carbons (Fsp3) is 0.875. The van der Waals surface area contributed by atoms with Crippen molar-refractivity contribution >= 4 is 0 Å². The highest BCUT2D eigenvalue weighted by atomic mass is 15.4. The summed E-state index contributed by atoms with van der Waals surface area (Å²) in [7, 11) is 0. The van der Waals surface area contributed by atoms with Crippen molar-refractivity contribution in [3.8, 4) is 0 Å². The first-order valence-electron chi connectivity index (χ1n) is 8.41. The molecule has 0 saturated carbocycles. The summed E-state index contributed by atoms with van der Waals surface area (Å²) >= 11 is 0. The van der Waals surface area contributed by atoms with Gasteiger partial charge in [0.1, 0.15) is 0 Å². The van der Waals surface area contributed by atoms with E-state index in [0.717, 1.165) is 25.3 Å². The maximum atomic E-state index is 4.23. The zero-order valence-corrected chi connectivity index (χ0v) is 14.1. The van der Waals surface area contributed by atoms with Gasteiger partial charge in [-0.05, 0) is 31.2 Å². The molecule has 0 unspecified atom stereocenters. The summed E-state index contributed by atoms with van der Waals surface area (Å²) in [6, 6.07) is 0.482. The second-order valence-corrected chi connectivity index (χ2v) is 6.74. The number of likely N-dealkylation sites (tertiary alicyclic amines) is 1. The summed E-state index contributed by atoms with van der Waals surface area (Å²) in [5, 5.41) is 11.8. The van der Waals surface area contributed by atoms with Crippen molar-refractivity contribution in [1.29, 1.82) is 0 Å². The topological polar surface area (TPSA) is 46.0 Å². The van der Waals surface area contributed by atoms with E-state index in [1.165, 1.54) is 32.4 Å². The van der Waals surface area contributed by atoms with Crippen LogP contribution in [0.15, 0.2) is 6.20 Å². The molecule has 5 nitrogen and oxygen atoms in total. The third-order valence-corrected chi connectivity index (χ3v) is 4.94. The molecule has 5 heteroatoms. The molecular formula is C16H31N5. The number of aromatic nitrogens is 3. The lowest BCUT2D eigenvalue weighted by Crippen LogP contribution is -2.29. The molecule has 1 fully saturated rings. The van der Waals surface area contributed by atoms with Crippen molar-refractivity contribution in [3.05, 3.63) is 11.9 Å². The normalized spacial score (nSPS) is 18.7. The largest absolute Gasteiger partial charge is 0.309 e. The molecule has 1 aliphatic rings. The maximum absolute atomic E-state index is 4.23. The van der Waals surface area contributed by atoms with Gasteiger partial charge in [0.25, 0.3) is 0 Å². The molecule has 0 bridgehead atoms. The van der Waals surface area contributed by atoms with Crippen LogP contribution in [0, 0.1) is 5.41 Å². The van der Waals surface area contributed by atoms with E-state index in [0.29, 0.717) is 11.5 Å². The Morgan fingerprint density at radius 3 is 2.67 bits per heavy atom. The Bertz CT molecular complexity index is 422. The molecule has 1 N–H and O–H groups in total. The summed E-state index contributed by atoms with van der Waals surface area (Å²) in [4.78, 5) is 2.58. The average Bonchev–Trinajstić information content (AvgIpc) is 3.10. The van der Waals surface area contributed by atoms with Crippen molar-refractivity contribution in [2.45, 2.75) is 66.1 Å². The van der Waals surface area contributed by atoms with Crippen LogP contribution in [0.4, 0.5) is 0 Å². The van der Waals surface area contributed by atoms with Crippen molar-refractivity contribution in [1.82, 2.24) is 25.2 Å². The lowest BCUT2D eigenvalue weighted by molar-refractivity contribution is 0.233. The van der Waals surface area contributed by atoms with Crippen LogP contribution in [0.25, 0.3) is 0 Å². The molecule has 0 aliphatic carbocycles. The minimum atomic E-state index is 0.482. The van der Waals surface area contributed by atoms with Crippen molar-refractivity contribution in [2.75, 3.05) is 19.6 Å². The Balaban J connectivity index is 1.76. The van der Waals surface area contributed by atoms with E-state index in [-0.39, 0.29) is 0 Å². The zero-order valence-electron chi connectivity index (χ0n) is 14.1. The average molecular weight is 293 g/mol. The second-order valence-electron chi connectivity index (χ2n) is 6.74. The molecule has 1 aromatic heterocycles. The highest BCUT2D eigenvalue weighted by Crippen LogP contribution is 2.36. The van der Waals surface area contributed by atoms with Crippen LogP contribution in [-0.4, -0.2) is 45.6 Å². The van der Waals surface area contributed by atoms with Crippen LogP contribution in [0.3, 0.4) is 0 Å². The summed E-state index contributed by atoms with van der Waals surface area (Å²) in [6.07, 6.45) is 6.02. The molecule has 2 heterocycles. The summed E-state index contributed by atoms with van der Waals surface area (Å²) in [5.41, 5.74) is 1.59. The van der Waals surface area contributed by atoms with Gasteiger partial charge in [0.15, 0.2) is 0 Å². The van der Waals surface area contributed by atoms with Crippen LogP contribution >= 0.6 is 0 Å². The summed E-state index contributed by atoms with van der Waals surface area (Å²) < 4.78 is 1.98. The lowest BCUT2D eigenvalue weighted by atomic mass is 9.82. The number of nitrogens with one attached hydrogen (secondary N) is 1. The molecule has 0 aromatic carbocycles. The molecule has 1 aliphatic heterocycles. The minimum Gasteiger partial charge on any atom is -0.309 e. The highest BCUT2D eigenvalue weighted by molar-refractivity contribution is 4.92. The SMILES string of the molecule is CCC1(CC)CCN(CCn2cc(CNC(C)C)nn2)C1. The van der Waals surface area contributed by atoms with Crippen molar-refractivity contribution in [3.63, 3.8) is 0 Å². The van der Waals surface area contributed by atoms with Gasteiger partial charge in [-0.25, -0.2) is 0 Å². The van der Waals surface area contributed by atoms with E-state index in [2.05, 4.69) is 54.4 Å². The summed E-state index contributed by atoms with van der Waals surface area (Å²) in [6.45, 7) is 14.3. The van der Waals surface area contributed by atoms with Crippen LogP contribution in [-0.2, 0) is 13.1 Å². The van der Waals surface area contributed by atoms with Gasteiger partial charge in [-0.2, -0.15) is 0 Å². The van der Waals surface area contributed by atoms with Crippen LogP contribution in [0.5, 0.6) is 0 Å². The van der Waals surface area contributed by atoms with Gasteiger partial charge < -0.3 is 10.2 Å². The first-order chi connectivity index (χ1) is 10.1. The molecule has 0 spiro atoms. The molecule has 1 saturated heterocycles. The Kier molecular flexibility index (Phi) is 5.76. The number of rotatable bonds is 8. The number of nitrogens with zero attached hydrogens (tertiary/aromatic N) is 4. The molecule has 120 valence electrons. The van der Waals surface area contributed by atoms with Gasteiger partial charge in [-0.15, -0.1) is 5.10 Å². The molecule has 0 amide bonds. The van der Waals surface area contributed by atoms with Crippen LogP contribution in [0.2, 0.25) is 0 Å². The molecule has 0 radical (unpaired) electrons. The smallest absolute Gasteiger partial charge is 0.0964 e. The predicted molar refractivity (Wildman–Crippen MR) is 86.1 cm³/mol. The highest BCUT2D eigenvalue weighted by Gasteiger charge is 2.34. The molecule has 0 atom stereocenters. The van der Waals surface area contributed by atoms with Gasteiger partial charge in [-0.3, -0.25) is 4.68 Å². The quantitative estimate of drug-likeness (QED) is 0.799. The van der Waals surface area contributed by atoms with E-state index in [4.69, 9.17) is 0 Å². The second kappa shape index (κ2) is 7.36. The maximum Gasteiger partial charge on any atom is 0.0964 e. The number of hydrogen-bond acceptors (Lipinski definition) is 4. The van der Waals surface area contributed by atoms with E-state index in [1.54, 1.807) is 0 Å². The molecular weight excluding hydrogens is 262 g/mol. The third-order valence-electron chi connectivity index (χ3n) is 4.94. The Labute approximate surface area is 129 Å². The van der Waals surface area contributed by atoms with E-state index >= 15 is 0 Å². The van der Waals surface area contributed by atoms with Gasteiger partial charge in [0.05, 0.1) is 12.2 Å². The van der Waals surface area contributed by atoms with Crippen molar-refractivity contribution < 1.29 is 0 Å². The fourth-order valence-corrected chi connectivity index (χ4v) is 3.13. The van der Waals surface area contributed by atoms with Gasteiger partial charge >= 0.3 is 0 Å². The third kappa shape index (κ3) is 4.51. The summed E-state index contributed by atoms with van der Waals surface area (Å²) in [5.74, 6) is 0. The van der Waals surface area contributed by atoms with E-state index in [1.807, 2.05) is 4.68 Å². The van der Waals surface area contributed by atoms with E-state index in [9.17, 15) is 0 Å². The standard InChI is InChI=1S/C16H31N5/c1-5-16(6-2)7-8-20(13-16)9-10-21-12-15(18-19-21)11-17-14(3)4/h12,14,17H,5-11,13H2,1-4H3. The minimum absolute atomic E-state index is 0.482. The Morgan fingerprint density at radius 2 is 2.05 bits per heavy atom. The zero-order chi connectivity index (χ0) is 15.3. The molecule has 1 aromatic rings. The van der Waals surface area contributed by atoms with Gasteiger partial charge in [0, 0.05) is 31.9 Å². The number of hydrogen-bond donors (Lipinski definition) is 1. The lowest BCUT2D eigenvalue weighted by Gasteiger charge is -2.26. The molecule has 21 heavy (non-hydrogen) atoms. The Hall–Kier alpha value is -0.940. The van der Waals surface area contributed by atoms with E-state index < -0.39 is 0 Å². The first kappa shape index (κ1) is 16.4. The van der Waals surface area contributed by atoms with Gasteiger partial charge in [-0.1, -0.05) is 32.9 Å². The van der Waals surface area contributed by atoms with Crippen LogP contribution < -0.4 is 5.32 Å². The predicted octanol–water partition coefficient (Wildman–Crippen LogP) is 2.29. The fourth-order valence-electron chi connectivity index (χ4n) is 3.13. The Morgan fingerprint density at radius 1 is 1.29 bits per heavy atom. The first-order valence-corrected chi connectivity index (χ1v) is 8.41. The van der Waals surface area contributed by atoms with Gasteiger partial charge in [0.2, 0.25) is 0 Å². The van der Waals surface area contributed by atoms with Crippen LogP contribution in [0.1, 0.15) is 52.7 Å². The van der Waals surface area contributed by atoms with Crippen molar-refractivity contribution in [2.24, 2.45) is 5.41 Å².